The molecule has 0 heterocycles. The van der Waals surface area contributed by atoms with E-state index < -0.39 is 36.1 Å². The first kappa shape index (κ1) is 43.3. The minimum absolute atomic E-state index is 0.0460. The average Bonchev–Trinajstić information content (AvgIpc) is 3.11. The summed E-state index contributed by atoms with van der Waals surface area (Å²) in [7, 11) is 1.00. The molecule has 0 spiro atoms. The van der Waals surface area contributed by atoms with Gasteiger partial charge in [-0.1, -0.05) is 24.3 Å². The molecule has 4 rings (SSSR count). The van der Waals surface area contributed by atoms with Gasteiger partial charge in [-0.25, -0.2) is 4.79 Å². The first-order valence-corrected chi connectivity index (χ1v) is 18.4. The van der Waals surface area contributed by atoms with E-state index in [1.807, 2.05) is 25.1 Å². The zero-order chi connectivity index (χ0) is 39.2. The summed E-state index contributed by atoms with van der Waals surface area (Å²) in [5.41, 5.74) is 0.0366. The van der Waals surface area contributed by atoms with Crippen molar-refractivity contribution in [2.24, 2.45) is 0 Å². The largest absolute Gasteiger partial charge is 0.486 e. The summed E-state index contributed by atoms with van der Waals surface area (Å²) < 4.78 is 95.6. The summed E-state index contributed by atoms with van der Waals surface area (Å²) in [5, 5.41) is 15.8. The number of ether oxygens (including phenoxy) is 2. The Hall–Kier alpha value is -4.14. The number of carboxylic acids is 1. The van der Waals surface area contributed by atoms with E-state index in [0.717, 1.165) is 40.2 Å². The van der Waals surface area contributed by atoms with Gasteiger partial charge in [-0.3, -0.25) is 4.79 Å². The first-order valence-electron chi connectivity index (χ1n) is 16.4. The van der Waals surface area contributed by atoms with Gasteiger partial charge in [0.25, 0.3) is 0 Å². The van der Waals surface area contributed by atoms with E-state index in [4.69, 9.17) is 19.7 Å². The van der Waals surface area contributed by atoms with Crippen molar-refractivity contribution in [3.05, 3.63) is 106 Å². The third kappa shape index (κ3) is 13.3. The molecule has 0 aromatic heterocycles. The van der Waals surface area contributed by atoms with Crippen LogP contribution in [0.5, 0.6) is 11.5 Å². The maximum absolute atomic E-state index is 14.2. The Morgan fingerprint density at radius 1 is 0.679 bits per heavy atom. The molecule has 286 valence electrons. The van der Waals surface area contributed by atoms with Gasteiger partial charge in [0.2, 0.25) is 0 Å². The van der Waals surface area contributed by atoms with Crippen LogP contribution in [0.15, 0.2) is 82.6 Å². The fraction of sp³-hybridized carbons (Fsp3) is 0.333. The van der Waals surface area contributed by atoms with Gasteiger partial charge in [0.05, 0.1) is 11.1 Å². The Balaban J connectivity index is 0.00000372. The first-order chi connectivity index (χ1) is 25.2. The fourth-order valence-electron chi connectivity index (χ4n) is 5.39. The van der Waals surface area contributed by atoms with Crippen LogP contribution in [0.4, 0.5) is 26.3 Å². The standard InChI is InChI=1S/C38H36F6O5S2.CH4O/c1-24-19-30(11-13-34(24)48-16-15-45)50-17-3-5-26-7-9-28(21-32(26)37(39,40)41)29-10-8-27(33(22-29)38(42,43)44)6-4-18-51-31-12-14-35(25(2)20-31)49-23-36(46)47;1-2/h7-15,19-22H,3-6,16-18,23H2,1-2H3,(H,46,47);2H,1H3. The van der Waals surface area contributed by atoms with Crippen molar-refractivity contribution in [1.29, 1.82) is 0 Å². The molecule has 0 saturated heterocycles. The smallest absolute Gasteiger partial charge is 0.416 e. The van der Waals surface area contributed by atoms with E-state index >= 15 is 0 Å². The monoisotopic (exact) mass is 782 g/mol. The van der Waals surface area contributed by atoms with E-state index in [2.05, 4.69) is 0 Å². The van der Waals surface area contributed by atoms with Crippen molar-refractivity contribution >= 4 is 35.8 Å². The molecule has 14 heteroatoms. The molecule has 0 amide bonds. The number of benzene rings is 4. The van der Waals surface area contributed by atoms with E-state index in [1.54, 1.807) is 25.1 Å². The maximum Gasteiger partial charge on any atom is 0.416 e. The number of hydrogen-bond acceptors (Lipinski definition) is 7. The number of carboxylic acid groups (broad SMARTS) is 1. The third-order valence-electron chi connectivity index (χ3n) is 7.83. The lowest BCUT2D eigenvalue weighted by Crippen LogP contribution is -2.11. The van der Waals surface area contributed by atoms with Crippen LogP contribution in [-0.2, 0) is 34.8 Å². The van der Waals surface area contributed by atoms with Crippen molar-refractivity contribution in [1.82, 2.24) is 0 Å². The van der Waals surface area contributed by atoms with Crippen LogP contribution in [-0.4, -0.2) is 54.3 Å². The molecule has 0 radical (unpaired) electrons. The Labute approximate surface area is 312 Å². The number of carbonyl (C=O) groups excluding carboxylic acids is 1. The quantitative estimate of drug-likeness (QED) is 0.0474. The van der Waals surface area contributed by atoms with Crippen LogP contribution < -0.4 is 9.47 Å². The summed E-state index contributed by atoms with van der Waals surface area (Å²) in [6.07, 6.45) is -7.64. The van der Waals surface area contributed by atoms with E-state index in [9.17, 15) is 35.9 Å². The van der Waals surface area contributed by atoms with Crippen molar-refractivity contribution < 1.29 is 55.6 Å². The number of aliphatic hydroxyl groups is 1. The Morgan fingerprint density at radius 3 is 1.49 bits per heavy atom. The molecule has 0 atom stereocenters. The number of hydrogen-bond donors (Lipinski definition) is 2. The highest BCUT2D eigenvalue weighted by Crippen LogP contribution is 2.39. The number of halogens is 6. The van der Waals surface area contributed by atoms with Crippen LogP contribution in [0, 0.1) is 13.8 Å². The second-order valence-electron chi connectivity index (χ2n) is 11.7. The number of aliphatic carboxylic acids is 1. The summed E-state index contributed by atoms with van der Waals surface area (Å²) in [5.74, 6) is 0.959. The lowest BCUT2D eigenvalue weighted by atomic mass is 9.93. The van der Waals surface area contributed by atoms with Crippen LogP contribution >= 0.6 is 23.5 Å². The number of alkyl halides is 6. The van der Waals surface area contributed by atoms with Gasteiger partial charge in [0.1, 0.15) is 18.1 Å². The zero-order valence-corrected chi connectivity index (χ0v) is 30.9. The number of carbonyl (C=O) groups is 2. The molecule has 0 fully saturated rings. The molecule has 0 aliphatic heterocycles. The molecule has 2 N–H and O–H groups in total. The number of rotatable bonds is 17. The van der Waals surface area contributed by atoms with E-state index in [1.165, 1.54) is 47.8 Å². The topological polar surface area (TPSA) is 93.1 Å². The Morgan fingerprint density at radius 2 is 1.11 bits per heavy atom. The molecule has 0 saturated carbocycles. The SMILES string of the molecule is CO.Cc1cc(SCCCc2ccc(-c3ccc(CCCSc4ccc(OCC(=O)O)c(C)c4)c(C(F)(F)F)c3)cc2C(F)(F)F)ccc1OCC=O. The molecule has 53 heavy (non-hydrogen) atoms. The second-order valence-corrected chi connectivity index (χ2v) is 14.0. The predicted octanol–water partition coefficient (Wildman–Crippen LogP) is 10.1. The lowest BCUT2D eigenvalue weighted by molar-refractivity contribution is -0.139. The normalized spacial score (nSPS) is 11.4. The van der Waals surface area contributed by atoms with Gasteiger partial charge in [0.15, 0.2) is 12.9 Å². The number of aldehydes is 1. The summed E-state index contributed by atoms with van der Waals surface area (Å²) in [4.78, 5) is 23.0. The van der Waals surface area contributed by atoms with Crippen LogP contribution in [0.3, 0.4) is 0 Å². The molecular formula is C39H40F6O6S2. The maximum atomic E-state index is 14.2. The van der Waals surface area contributed by atoms with Crippen molar-refractivity contribution in [2.45, 2.75) is 61.7 Å². The fourth-order valence-corrected chi connectivity index (χ4v) is 7.29. The minimum atomic E-state index is -4.70. The summed E-state index contributed by atoms with van der Waals surface area (Å²) in [6.45, 7) is 3.07. The van der Waals surface area contributed by atoms with Gasteiger partial charge in [0, 0.05) is 16.9 Å². The number of thioether (sulfide) groups is 2. The molecular weight excluding hydrogens is 743 g/mol. The molecule has 6 nitrogen and oxygen atoms in total. The van der Waals surface area contributed by atoms with Gasteiger partial charge in [-0.05, 0) is 133 Å². The van der Waals surface area contributed by atoms with Gasteiger partial charge in [-0.2, -0.15) is 26.3 Å². The molecule has 0 bridgehead atoms. The van der Waals surface area contributed by atoms with Crippen LogP contribution in [0.2, 0.25) is 0 Å². The van der Waals surface area contributed by atoms with Crippen LogP contribution in [0.25, 0.3) is 11.1 Å². The van der Waals surface area contributed by atoms with Crippen molar-refractivity contribution in [3.63, 3.8) is 0 Å². The highest BCUT2D eigenvalue weighted by molar-refractivity contribution is 7.99. The molecule has 4 aromatic carbocycles. The molecule has 0 aliphatic carbocycles. The van der Waals surface area contributed by atoms with E-state index in [-0.39, 0.29) is 41.7 Å². The summed E-state index contributed by atoms with van der Waals surface area (Å²) >= 11 is 2.92. The Kier molecular flexibility index (Phi) is 16.6. The van der Waals surface area contributed by atoms with Crippen molar-refractivity contribution in [3.8, 4) is 22.6 Å². The third-order valence-corrected chi connectivity index (χ3v) is 9.99. The van der Waals surface area contributed by atoms with E-state index in [0.29, 0.717) is 42.1 Å². The molecule has 0 unspecified atom stereocenters. The summed E-state index contributed by atoms with van der Waals surface area (Å²) in [6, 6.07) is 18.0. The Bertz CT molecular complexity index is 1830. The average molecular weight is 783 g/mol. The van der Waals surface area contributed by atoms with Gasteiger partial charge in [-0.15, -0.1) is 23.5 Å². The van der Waals surface area contributed by atoms with Gasteiger partial charge < -0.3 is 19.7 Å². The highest BCUT2D eigenvalue weighted by Gasteiger charge is 2.35. The van der Waals surface area contributed by atoms with Crippen LogP contribution in [0.1, 0.15) is 46.2 Å². The predicted molar refractivity (Wildman–Crippen MR) is 195 cm³/mol. The molecule has 4 aromatic rings. The minimum Gasteiger partial charge on any atom is -0.486 e. The van der Waals surface area contributed by atoms with Gasteiger partial charge >= 0.3 is 18.3 Å². The zero-order valence-electron chi connectivity index (χ0n) is 29.3. The number of aryl methyl sites for hydroxylation is 4. The van der Waals surface area contributed by atoms with Crippen molar-refractivity contribution in [2.75, 3.05) is 31.8 Å². The lowest BCUT2D eigenvalue weighted by Gasteiger charge is -2.17. The molecule has 0 aliphatic rings. The number of aliphatic hydroxyl groups excluding tert-OH is 1. The second kappa shape index (κ2) is 20.4. The highest BCUT2D eigenvalue weighted by atomic mass is 32.2.